The van der Waals surface area contributed by atoms with Crippen molar-refractivity contribution in [1.29, 1.82) is 0 Å². The van der Waals surface area contributed by atoms with E-state index in [4.69, 9.17) is 16.3 Å². The van der Waals surface area contributed by atoms with Crippen molar-refractivity contribution in [2.75, 3.05) is 12.0 Å². The highest BCUT2D eigenvalue weighted by atomic mass is 35.5. The second-order valence-corrected chi connectivity index (χ2v) is 11.2. The van der Waals surface area contributed by atoms with E-state index >= 15 is 0 Å². The molecule has 1 fully saturated rings. The predicted molar refractivity (Wildman–Crippen MR) is 160 cm³/mol. The number of hydrazone groups is 1. The molecule has 0 aromatic heterocycles. The van der Waals surface area contributed by atoms with Gasteiger partial charge in [0, 0.05) is 17.2 Å². The number of carbonyl (C=O) groups excluding carboxylic acids is 3. The number of nitrogens with one attached hydrogen (secondary N) is 1. The molecular formula is C34H26ClN3O4. The largest absolute Gasteiger partial charge is 0.495 e. The van der Waals surface area contributed by atoms with Gasteiger partial charge in [0.2, 0.25) is 17.7 Å². The summed E-state index contributed by atoms with van der Waals surface area (Å²) in [6, 6.07) is 29.9. The summed E-state index contributed by atoms with van der Waals surface area (Å²) in [5, 5.41) is 5.06. The van der Waals surface area contributed by atoms with Gasteiger partial charge in [-0.15, -0.1) is 0 Å². The highest BCUT2D eigenvalue weighted by Crippen LogP contribution is 2.63. The standard InChI is InChI=1S/C34H26ClN3O4/c1-42-27-13-7-6-12-26(27)38-32(40)30-29-22-8-2-4-10-24(22)34(31(30)33(38)41,25-11-5-3-9-23(25)29)19-36-37-28(39)18-20-14-16-21(35)17-15-20/h2-17,19,29-31H,18H2,1H3,(H,37,39)/b36-19-/t29?,30-,31-,34?/m1/s1. The lowest BCUT2D eigenvalue weighted by molar-refractivity contribution is -0.123. The third-order valence-electron chi connectivity index (χ3n) is 8.75. The summed E-state index contributed by atoms with van der Waals surface area (Å²) in [6.45, 7) is 0. The predicted octanol–water partition coefficient (Wildman–Crippen LogP) is 5.24. The zero-order chi connectivity index (χ0) is 29.0. The second kappa shape index (κ2) is 9.96. The lowest BCUT2D eigenvalue weighted by Gasteiger charge is -2.52. The molecule has 4 aromatic rings. The van der Waals surface area contributed by atoms with Gasteiger partial charge in [-0.2, -0.15) is 5.10 Å². The molecule has 4 aromatic carbocycles. The molecule has 208 valence electrons. The fourth-order valence-electron chi connectivity index (χ4n) is 7.13. The van der Waals surface area contributed by atoms with Gasteiger partial charge in [0.25, 0.3) is 0 Å². The minimum absolute atomic E-state index is 0.113. The van der Waals surface area contributed by atoms with Crippen LogP contribution in [0, 0.1) is 11.8 Å². The van der Waals surface area contributed by atoms with Crippen molar-refractivity contribution in [2.45, 2.75) is 17.8 Å². The molecule has 4 aliphatic rings. The van der Waals surface area contributed by atoms with Gasteiger partial charge in [-0.1, -0.05) is 84.4 Å². The topological polar surface area (TPSA) is 88.1 Å². The lowest BCUT2D eigenvalue weighted by Crippen LogP contribution is -2.54. The van der Waals surface area contributed by atoms with Crippen LogP contribution < -0.4 is 15.1 Å². The van der Waals surface area contributed by atoms with E-state index in [-0.39, 0.29) is 30.1 Å². The minimum atomic E-state index is -1.08. The van der Waals surface area contributed by atoms with Crippen LogP contribution in [0.25, 0.3) is 0 Å². The summed E-state index contributed by atoms with van der Waals surface area (Å²) in [5.41, 5.74) is 6.59. The van der Waals surface area contributed by atoms with Crippen LogP contribution >= 0.6 is 11.6 Å². The number of nitrogens with zero attached hydrogens (tertiary/aromatic N) is 2. The minimum Gasteiger partial charge on any atom is -0.495 e. The molecule has 7 nitrogen and oxygen atoms in total. The Morgan fingerprint density at radius 1 is 0.905 bits per heavy atom. The van der Waals surface area contributed by atoms with Crippen LogP contribution in [-0.2, 0) is 26.2 Å². The third kappa shape index (κ3) is 3.73. The number of ether oxygens (including phenoxy) is 1. The third-order valence-corrected chi connectivity index (χ3v) is 9.00. The van der Waals surface area contributed by atoms with Crippen molar-refractivity contribution in [3.63, 3.8) is 0 Å². The number of rotatable bonds is 6. The molecule has 0 radical (unpaired) electrons. The van der Waals surface area contributed by atoms with Crippen molar-refractivity contribution < 1.29 is 19.1 Å². The summed E-state index contributed by atoms with van der Waals surface area (Å²) in [5.74, 6) is -2.16. The SMILES string of the molecule is COc1ccccc1N1C(=O)[C@@H]2C3c4ccccc4C(/C=N\NC(=O)Cc4ccc(Cl)cc4)(c4ccccc43)[C@H]2C1=O. The van der Waals surface area contributed by atoms with Crippen LogP contribution in [0.4, 0.5) is 5.69 Å². The first-order valence-electron chi connectivity index (χ1n) is 13.7. The van der Waals surface area contributed by atoms with E-state index in [0.717, 1.165) is 27.8 Å². The zero-order valence-corrected chi connectivity index (χ0v) is 23.4. The van der Waals surface area contributed by atoms with Gasteiger partial charge in [0.05, 0.1) is 36.5 Å². The number of anilines is 1. The Bertz CT molecular complexity index is 1740. The molecule has 1 heterocycles. The van der Waals surface area contributed by atoms with Crippen LogP contribution in [0.2, 0.25) is 5.02 Å². The molecule has 0 unspecified atom stereocenters. The van der Waals surface area contributed by atoms with Gasteiger partial charge in [-0.3, -0.25) is 14.4 Å². The summed E-state index contributed by atoms with van der Waals surface area (Å²) in [7, 11) is 1.52. The maximum absolute atomic E-state index is 14.5. The Balaban J connectivity index is 1.35. The Hall–Kier alpha value is -4.75. The highest BCUT2D eigenvalue weighted by Gasteiger charge is 2.68. The van der Waals surface area contributed by atoms with Crippen molar-refractivity contribution in [3.8, 4) is 5.75 Å². The number of hydrogen-bond acceptors (Lipinski definition) is 5. The number of halogens is 1. The normalized spacial score (nSPS) is 23.5. The first-order chi connectivity index (χ1) is 20.5. The van der Waals surface area contributed by atoms with Gasteiger partial charge in [0.1, 0.15) is 5.75 Å². The number of methoxy groups -OCH3 is 1. The molecule has 3 aliphatic carbocycles. The molecule has 1 saturated heterocycles. The fourth-order valence-corrected chi connectivity index (χ4v) is 7.26. The van der Waals surface area contributed by atoms with Crippen molar-refractivity contribution in [3.05, 3.63) is 130 Å². The molecule has 2 atom stereocenters. The van der Waals surface area contributed by atoms with Crippen LogP contribution in [0.15, 0.2) is 102 Å². The molecule has 8 rings (SSSR count). The molecule has 0 saturated carbocycles. The maximum Gasteiger partial charge on any atom is 0.244 e. The number of amides is 3. The average molecular weight is 576 g/mol. The van der Waals surface area contributed by atoms with Crippen molar-refractivity contribution in [2.24, 2.45) is 16.9 Å². The second-order valence-electron chi connectivity index (χ2n) is 10.8. The van der Waals surface area contributed by atoms with Crippen LogP contribution in [0.1, 0.15) is 33.7 Å². The Morgan fingerprint density at radius 3 is 2.19 bits per heavy atom. The highest BCUT2D eigenvalue weighted by molar-refractivity contribution is 6.30. The summed E-state index contributed by atoms with van der Waals surface area (Å²) in [6.07, 6.45) is 1.77. The number of imide groups is 1. The Labute approximate surface area is 247 Å². The first-order valence-corrected chi connectivity index (χ1v) is 14.1. The quantitative estimate of drug-likeness (QED) is 0.193. The van der Waals surface area contributed by atoms with E-state index in [9.17, 15) is 14.4 Å². The number of hydrogen-bond donors (Lipinski definition) is 1. The molecule has 2 bridgehead atoms. The van der Waals surface area contributed by atoms with Gasteiger partial charge >= 0.3 is 0 Å². The number of benzene rings is 4. The van der Waals surface area contributed by atoms with E-state index in [1.165, 1.54) is 12.0 Å². The molecule has 42 heavy (non-hydrogen) atoms. The van der Waals surface area contributed by atoms with Crippen LogP contribution in [0.5, 0.6) is 5.75 Å². The number of carbonyl (C=O) groups is 3. The molecule has 1 N–H and O–H groups in total. The van der Waals surface area contributed by atoms with Gasteiger partial charge in [-0.25, -0.2) is 10.3 Å². The van der Waals surface area contributed by atoms with Crippen LogP contribution in [-0.4, -0.2) is 31.0 Å². The van der Waals surface area contributed by atoms with E-state index in [0.29, 0.717) is 16.5 Å². The summed E-state index contributed by atoms with van der Waals surface area (Å²) >= 11 is 5.98. The smallest absolute Gasteiger partial charge is 0.244 e. The zero-order valence-electron chi connectivity index (χ0n) is 22.7. The number of para-hydroxylation sites is 2. The van der Waals surface area contributed by atoms with E-state index in [2.05, 4.69) is 10.5 Å². The van der Waals surface area contributed by atoms with Gasteiger partial charge in [0.15, 0.2) is 0 Å². The first kappa shape index (κ1) is 26.2. The Morgan fingerprint density at radius 2 is 1.52 bits per heavy atom. The van der Waals surface area contributed by atoms with E-state index in [1.807, 2.05) is 48.5 Å². The van der Waals surface area contributed by atoms with E-state index in [1.54, 1.807) is 54.7 Å². The van der Waals surface area contributed by atoms with Gasteiger partial charge in [-0.05, 0) is 52.1 Å². The molecular weight excluding hydrogens is 550 g/mol. The molecule has 3 amide bonds. The summed E-state index contributed by atoms with van der Waals surface area (Å²) < 4.78 is 5.55. The Kier molecular flexibility index (Phi) is 6.21. The maximum atomic E-state index is 14.5. The average Bonchev–Trinajstić information content (AvgIpc) is 3.28. The lowest BCUT2D eigenvalue weighted by atomic mass is 9.47. The monoisotopic (exact) mass is 575 g/mol. The van der Waals surface area contributed by atoms with E-state index < -0.39 is 17.3 Å². The van der Waals surface area contributed by atoms with Gasteiger partial charge < -0.3 is 4.74 Å². The fraction of sp³-hybridized carbons (Fsp3) is 0.176. The molecule has 0 spiro atoms. The molecule has 8 heteroatoms. The molecule has 1 aliphatic heterocycles. The van der Waals surface area contributed by atoms with Crippen molar-refractivity contribution in [1.82, 2.24) is 5.43 Å². The summed E-state index contributed by atoms with van der Waals surface area (Å²) in [4.78, 5) is 43.0. The van der Waals surface area contributed by atoms with Crippen LogP contribution in [0.3, 0.4) is 0 Å². The van der Waals surface area contributed by atoms with Crippen molar-refractivity contribution >= 4 is 41.2 Å².